The van der Waals surface area contributed by atoms with Gasteiger partial charge in [-0.1, -0.05) is 0 Å². The first kappa shape index (κ1) is 14.0. The quantitative estimate of drug-likeness (QED) is 0.721. The summed E-state index contributed by atoms with van der Waals surface area (Å²) in [5.74, 6) is -1.81. The van der Waals surface area contributed by atoms with Crippen LogP contribution in [0, 0.1) is 5.92 Å². The summed E-state index contributed by atoms with van der Waals surface area (Å²) in [5.41, 5.74) is -0.792. The Morgan fingerprint density at radius 2 is 2.06 bits per heavy atom. The maximum atomic E-state index is 12.4. The van der Waals surface area contributed by atoms with Gasteiger partial charge in [0.1, 0.15) is 6.29 Å². The molecule has 1 rings (SSSR count). The van der Waals surface area contributed by atoms with Crippen molar-refractivity contribution in [2.45, 2.75) is 44.8 Å². The summed E-state index contributed by atoms with van der Waals surface area (Å²) in [5, 5.41) is 0. The number of likely N-dealkylation sites (tertiary alicyclic amines) is 1. The number of carbonyl (C=O) groups is 2. The predicted molar refractivity (Wildman–Crippen MR) is 55.3 cm³/mol. The summed E-state index contributed by atoms with van der Waals surface area (Å²) in [6, 6.07) is 0. The zero-order chi connectivity index (χ0) is 13.3. The second-order valence-electron chi connectivity index (χ2n) is 5.04. The summed E-state index contributed by atoms with van der Waals surface area (Å²) in [4.78, 5) is 22.3. The third kappa shape index (κ3) is 3.20. The number of alkyl halides is 3. The Morgan fingerprint density at radius 1 is 1.47 bits per heavy atom. The summed E-state index contributed by atoms with van der Waals surface area (Å²) >= 11 is 0. The molecule has 1 aliphatic rings. The van der Waals surface area contributed by atoms with E-state index in [-0.39, 0.29) is 12.5 Å². The molecule has 0 saturated carbocycles. The fraction of sp³-hybridized carbons (Fsp3) is 0.818. The van der Waals surface area contributed by atoms with Gasteiger partial charge in [-0.25, -0.2) is 0 Å². The van der Waals surface area contributed by atoms with Crippen molar-refractivity contribution in [1.29, 1.82) is 0 Å². The van der Waals surface area contributed by atoms with Gasteiger partial charge in [0.25, 0.3) is 0 Å². The highest BCUT2D eigenvalue weighted by molar-refractivity contribution is 5.82. The third-order valence-electron chi connectivity index (χ3n) is 3.14. The summed E-state index contributed by atoms with van der Waals surface area (Å²) in [6.07, 6.45) is -2.70. The molecular weight excluding hydrogens is 235 g/mol. The first-order valence-corrected chi connectivity index (χ1v) is 5.51. The standard InChI is InChI=1S/C11H16F3NO2/c1-10(2)6-8(4-3-5-16)7-15(10)9(17)11(12,13)14/h5,8H,3-4,6-7H2,1-2H3/t8-/m0/s1. The largest absolute Gasteiger partial charge is 0.471 e. The second-order valence-corrected chi connectivity index (χ2v) is 5.04. The van der Waals surface area contributed by atoms with Gasteiger partial charge in [-0.2, -0.15) is 13.2 Å². The predicted octanol–water partition coefficient (Wildman–Crippen LogP) is 2.15. The number of rotatable bonds is 3. The average molecular weight is 251 g/mol. The van der Waals surface area contributed by atoms with Gasteiger partial charge in [0.2, 0.25) is 0 Å². The van der Waals surface area contributed by atoms with Crippen LogP contribution in [0.5, 0.6) is 0 Å². The molecule has 3 nitrogen and oxygen atoms in total. The Hall–Kier alpha value is -1.07. The van der Waals surface area contributed by atoms with Crippen molar-refractivity contribution < 1.29 is 22.8 Å². The fourth-order valence-electron chi connectivity index (χ4n) is 2.39. The minimum absolute atomic E-state index is 0.0264. The highest BCUT2D eigenvalue weighted by Gasteiger charge is 2.50. The van der Waals surface area contributed by atoms with Gasteiger partial charge < -0.3 is 9.69 Å². The molecule has 1 fully saturated rings. The Bertz CT molecular complexity index is 312. The highest BCUT2D eigenvalue weighted by Crippen LogP contribution is 2.37. The van der Waals surface area contributed by atoms with E-state index in [0.29, 0.717) is 19.3 Å². The van der Waals surface area contributed by atoms with Crippen LogP contribution in [0.3, 0.4) is 0 Å². The van der Waals surface area contributed by atoms with Crippen LogP contribution in [-0.2, 0) is 9.59 Å². The van der Waals surface area contributed by atoms with Crippen molar-refractivity contribution >= 4 is 12.2 Å². The van der Waals surface area contributed by atoms with Crippen molar-refractivity contribution in [2.24, 2.45) is 5.92 Å². The lowest BCUT2D eigenvalue weighted by Crippen LogP contribution is -2.48. The van der Waals surface area contributed by atoms with Crippen molar-refractivity contribution in [3.05, 3.63) is 0 Å². The zero-order valence-electron chi connectivity index (χ0n) is 9.88. The Balaban J connectivity index is 2.74. The lowest BCUT2D eigenvalue weighted by Gasteiger charge is -2.31. The molecule has 0 spiro atoms. The van der Waals surface area contributed by atoms with Crippen LogP contribution in [0.2, 0.25) is 0 Å². The number of hydrogen-bond donors (Lipinski definition) is 0. The molecule has 0 radical (unpaired) electrons. The van der Waals surface area contributed by atoms with Crippen LogP contribution in [0.15, 0.2) is 0 Å². The SMILES string of the molecule is CC1(C)C[C@H](CCC=O)CN1C(=O)C(F)(F)F. The van der Waals surface area contributed by atoms with E-state index in [1.165, 1.54) is 0 Å². The summed E-state index contributed by atoms with van der Waals surface area (Å²) < 4.78 is 37.1. The van der Waals surface area contributed by atoms with E-state index in [0.717, 1.165) is 11.2 Å². The van der Waals surface area contributed by atoms with Crippen molar-refractivity contribution in [3.63, 3.8) is 0 Å². The fourth-order valence-corrected chi connectivity index (χ4v) is 2.39. The maximum absolute atomic E-state index is 12.4. The first-order valence-electron chi connectivity index (χ1n) is 5.51. The Labute approximate surface area is 98.0 Å². The monoisotopic (exact) mass is 251 g/mol. The molecule has 0 unspecified atom stereocenters. The van der Waals surface area contributed by atoms with Crippen LogP contribution in [0.25, 0.3) is 0 Å². The van der Waals surface area contributed by atoms with E-state index in [1.54, 1.807) is 13.8 Å². The van der Waals surface area contributed by atoms with Crippen LogP contribution in [0.4, 0.5) is 13.2 Å². The summed E-state index contributed by atoms with van der Waals surface area (Å²) in [6.45, 7) is 3.33. The molecule has 0 aromatic carbocycles. The van der Waals surface area contributed by atoms with Gasteiger partial charge >= 0.3 is 12.1 Å². The van der Waals surface area contributed by atoms with E-state index in [2.05, 4.69) is 0 Å². The normalized spacial score (nSPS) is 23.8. The lowest BCUT2D eigenvalue weighted by atomic mass is 9.93. The van der Waals surface area contributed by atoms with E-state index in [1.807, 2.05) is 0 Å². The molecule has 6 heteroatoms. The molecular formula is C11H16F3NO2. The first-order chi connectivity index (χ1) is 7.68. The van der Waals surface area contributed by atoms with E-state index >= 15 is 0 Å². The van der Waals surface area contributed by atoms with Gasteiger partial charge in [-0.05, 0) is 32.6 Å². The molecule has 1 saturated heterocycles. The van der Waals surface area contributed by atoms with Crippen LogP contribution in [-0.4, -0.2) is 35.4 Å². The second kappa shape index (κ2) is 4.66. The minimum atomic E-state index is -4.82. The molecule has 0 N–H and O–H groups in total. The molecule has 1 aliphatic heterocycles. The molecule has 17 heavy (non-hydrogen) atoms. The van der Waals surface area contributed by atoms with Crippen molar-refractivity contribution in [1.82, 2.24) is 4.90 Å². The number of nitrogens with zero attached hydrogens (tertiary/aromatic N) is 1. The summed E-state index contributed by atoms with van der Waals surface area (Å²) in [7, 11) is 0. The van der Waals surface area contributed by atoms with Gasteiger partial charge in [-0.3, -0.25) is 4.79 Å². The molecule has 0 bridgehead atoms. The molecule has 0 aliphatic carbocycles. The topological polar surface area (TPSA) is 37.4 Å². The maximum Gasteiger partial charge on any atom is 0.471 e. The molecule has 1 atom stereocenters. The number of amides is 1. The van der Waals surface area contributed by atoms with Crippen molar-refractivity contribution in [2.75, 3.05) is 6.54 Å². The molecule has 1 heterocycles. The molecule has 98 valence electrons. The van der Waals surface area contributed by atoms with Crippen LogP contribution in [0.1, 0.15) is 33.1 Å². The molecule has 0 aromatic rings. The molecule has 1 amide bonds. The number of carbonyl (C=O) groups excluding carboxylic acids is 2. The Kier molecular flexibility index (Phi) is 3.84. The van der Waals surface area contributed by atoms with Gasteiger partial charge in [0.15, 0.2) is 0 Å². The minimum Gasteiger partial charge on any atom is -0.329 e. The molecule has 0 aromatic heterocycles. The van der Waals surface area contributed by atoms with E-state index in [9.17, 15) is 22.8 Å². The number of halogens is 3. The van der Waals surface area contributed by atoms with Crippen LogP contribution >= 0.6 is 0 Å². The van der Waals surface area contributed by atoms with Gasteiger partial charge in [-0.15, -0.1) is 0 Å². The van der Waals surface area contributed by atoms with Gasteiger partial charge in [0, 0.05) is 18.5 Å². The number of aldehydes is 1. The zero-order valence-corrected chi connectivity index (χ0v) is 9.88. The smallest absolute Gasteiger partial charge is 0.329 e. The van der Waals surface area contributed by atoms with E-state index in [4.69, 9.17) is 0 Å². The highest BCUT2D eigenvalue weighted by atomic mass is 19.4. The number of hydrogen-bond acceptors (Lipinski definition) is 2. The van der Waals surface area contributed by atoms with Gasteiger partial charge in [0.05, 0.1) is 0 Å². The average Bonchev–Trinajstić information content (AvgIpc) is 2.48. The van der Waals surface area contributed by atoms with Crippen molar-refractivity contribution in [3.8, 4) is 0 Å². The van der Waals surface area contributed by atoms with E-state index < -0.39 is 17.6 Å². The third-order valence-corrected chi connectivity index (χ3v) is 3.14. The lowest BCUT2D eigenvalue weighted by molar-refractivity contribution is -0.188. The Morgan fingerprint density at radius 3 is 2.53 bits per heavy atom. The van der Waals surface area contributed by atoms with Crippen LogP contribution < -0.4 is 0 Å².